The molecule has 8 heteroatoms. The molecule has 0 N–H and O–H groups in total. The lowest BCUT2D eigenvalue weighted by molar-refractivity contribution is 0.0448. The number of carbonyl (C=O) groups is 1. The number of aromatic nitrogens is 5. The van der Waals surface area contributed by atoms with Crippen molar-refractivity contribution in [2.24, 2.45) is 0 Å². The van der Waals surface area contributed by atoms with Crippen LogP contribution in [0.15, 0.2) is 24.3 Å². The van der Waals surface area contributed by atoms with Crippen molar-refractivity contribution in [1.82, 2.24) is 24.5 Å². The Morgan fingerprint density at radius 2 is 2.07 bits per heavy atom. The van der Waals surface area contributed by atoms with Crippen molar-refractivity contribution < 1.29 is 13.9 Å². The molecule has 1 aliphatic heterocycles. The Morgan fingerprint density at radius 3 is 2.96 bits per heavy atom. The third kappa shape index (κ3) is 2.89. The topological polar surface area (TPSA) is 74.8 Å². The van der Waals surface area contributed by atoms with Crippen molar-refractivity contribution in [1.29, 1.82) is 0 Å². The van der Waals surface area contributed by atoms with E-state index >= 15 is 0 Å². The summed E-state index contributed by atoms with van der Waals surface area (Å²) < 4.78 is 22.9. The normalized spacial score (nSPS) is 15.3. The fourth-order valence-electron chi connectivity index (χ4n) is 4.10. The Morgan fingerprint density at radius 1 is 1.14 bits per heavy atom. The largest absolute Gasteiger partial charge is 0.453 e. The Balaban J connectivity index is 1.40. The minimum atomic E-state index is -0.471. The highest BCUT2D eigenvalue weighted by Crippen LogP contribution is 2.28. The second kappa shape index (κ2) is 6.85. The summed E-state index contributed by atoms with van der Waals surface area (Å²) in [6.45, 7) is 0.937. The number of rotatable bonds is 4. The minimum Gasteiger partial charge on any atom is -0.453 e. The van der Waals surface area contributed by atoms with Crippen LogP contribution in [0.1, 0.15) is 52.7 Å². The van der Waals surface area contributed by atoms with Gasteiger partial charge in [-0.2, -0.15) is 5.10 Å². The number of nitrogens with zero attached hydrogens (tertiary/aromatic N) is 5. The summed E-state index contributed by atoms with van der Waals surface area (Å²) in [4.78, 5) is 12.7. The number of esters is 1. The summed E-state index contributed by atoms with van der Waals surface area (Å²) in [5.74, 6) is 0.819. The third-order valence-corrected chi connectivity index (χ3v) is 5.44. The second-order valence-corrected chi connectivity index (χ2v) is 7.24. The molecule has 1 aromatic carbocycles. The smallest absolute Gasteiger partial charge is 0.359 e. The lowest BCUT2D eigenvalue weighted by Gasteiger charge is -2.14. The van der Waals surface area contributed by atoms with Crippen LogP contribution in [-0.4, -0.2) is 30.5 Å². The van der Waals surface area contributed by atoms with E-state index in [1.165, 1.54) is 12.1 Å². The van der Waals surface area contributed by atoms with Gasteiger partial charge < -0.3 is 9.30 Å². The minimum absolute atomic E-state index is 0.0768. The first-order chi connectivity index (χ1) is 13.7. The van der Waals surface area contributed by atoms with Gasteiger partial charge >= 0.3 is 5.97 Å². The fourth-order valence-corrected chi connectivity index (χ4v) is 4.10. The Bertz CT molecular complexity index is 1060. The first-order valence-electron chi connectivity index (χ1n) is 9.65. The van der Waals surface area contributed by atoms with Gasteiger partial charge in [0.05, 0.1) is 5.69 Å². The summed E-state index contributed by atoms with van der Waals surface area (Å²) in [5.41, 5.74) is 2.79. The van der Waals surface area contributed by atoms with Gasteiger partial charge in [-0.3, -0.25) is 0 Å². The SMILES string of the molecule is O=C(OCc1nnc2n1CCCC2)c1nn(-c2cccc(F)c2)c2c1CCC2. The van der Waals surface area contributed by atoms with Crippen LogP contribution in [0.25, 0.3) is 5.69 Å². The molecular weight excluding hydrogens is 361 g/mol. The molecule has 144 valence electrons. The Kier molecular flexibility index (Phi) is 4.18. The summed E-state index contributed by atoms with van der Waals surface area (Å²) in [5, 5.41) is 12.8. The van der Waals surface area contributed by atoms with Crippen LogP contribution in [0.3, 0.4) is 0 Å². The van der Waals surface area contributed by atoms with Crippen LogP contribution in [0.5, 0.6) is 0 Å². The van der Waals surface area contributed by atoms with Gasteiger partial charge in [-0.25, -0.2) is 13.9 Å². The number of benzene rings is 1. The lowest BCUT2D eigenvalue weighted by atomic mass is 10.2. The van der Waals surface area contributed by atoms with E-state index in [0.29, 0.717) is 17.2 Å². The lowest BCUT2D eigenvalue weighted by Crippen LogP contribution is -2.16. The quantitative estimate of drug-likeness (QED) is 0.650. The number of halogens is 1. The summed E-state index contributed by atoms with van der Waals surface area (Å²) >= 11 is 0. The predicted molar refractivity (Wildman–Crippen MR) is 97.6 cm³/mol. The van der Waals surface area contributed by atoms with E-state index in [9.17, 15) is 9.18 Å². The molecule has 0 saturated carbocycles. The zero-order valence-electron chi connectivity index (χ0n) is 15.4. The van der Waals surface area contributed by atoms with Gasteiger partial charge in [-0.1, -0.05) is 6.07 Å². The average Bonchev–Trinajstić information content (AvgIpc) is 3.41. The molecule has 0 saturated heterocycles. The molecule has 2 aromatic heterocycles. The maximum absolute atomic E-state index is 13.6. The van der Waals surface area contributed by atoms with Crippen molar-refractivity contribution in [2.45, 2.75) is 51.7 Å². The van der Waals surface area contributed by atoms with E-state index in [4.69, 9.17) is 4.74 Å². The first kappa shape index (κ1) is 17.1. The van der Waals surface area contributed by atoms with Crippen LogP contribution >= 0.6 is 0 Å². The molecule has 5 rings (SSSR count). The zero-order valence-corrected chi connectivity index (χ0v) is 15.4. The average molecular weight is 381 g/mol. The third-order valence-electron chi connectivity index (χ3n) is 5.44. The van der Waals surface area contributed by atoms with E-state index in [0.717, 1.165) is 62.2 Å². The molecule has 0 radical (unpaired) electrons. The molecule has 0 fully saturated rings. The first-order valence-corrected chi connectivity index (χ1v) is 9.65. The van der Waals surface area contributed by atoms with Gasteiger partial charge in [0.25, 0.3) is 0 Å². The van der Waals surface area contributed by atoms with Crippen molar-refractivity contribution >= 4 is 5.97 Å². The predicted octanol–water partition coefficient (Wildman–Crippen LogP) is 2.78. The van der Waals surface area contributed by atoms with E-state index in [-0.39, 0.29) is 12.4 Å². The highest BCUT2D eigenvalue weighted by atomic mass is 19.1. The van der Waals surface area contributed by atoms with E-state index in [2.05, 4.69) is 15.3 Å². The van der Waals surface area contributed by atoms with Crippen molar-refractivity contribution in [3.05, 3.63) is 58.7 Å². The van der Waals surface area contributed by atoms with Gasteiger partial charge in [-0.05, 0) is 50.3 Å². The van der Waals surface area contributed by atoms with Gasteiger partial charge in [0.1, 0.15) is 11.6 Å². The molecule has 3 heterocycles. The monoisotopic (exact) mass is 381 g/mol. The maximum atomic E-state index is 13.6. The van der Waals surface area contributed by atoms with E-state index in [1.807, 2.05) is 4.57 Å². The van der Waals surface area contributed by atoms with Crippen LogP contribution in [-0.2, 0) is 37.2 Å². The van der Waals surface area contributed by atoms with Gasteiger partial charge in [0.2, 0.25) is 0 Å². The van der Waals surface area contributed by atoms with Gasteiger partial charge in [0.15, 0.2) is 18.1 Å². The molecule has 1 aliphatic carbocycles. The molecule has 7 nitrogen and oxygen atoms in total. The van der Waals surface area contributed by atoms with Crippen LogP contribution < -0.4 is 0 Å². The van der Waals surface area contributed by atoms with E-state index in [1.54, 1.807) is 16.8 Å². The Hall–Kier alpha value is -3.03. The number of aryl methyl sites for hydroxylation is 1. The summed E-state index contributed by atoms with van der Waals surface area (Å²) in [6.07, 6.45) is 5.63. The van der Waals surface area contributed by atoms with Crippen LogP contribution in [0, 0.1) is 5.82 Å². The molecule has 0 amide bonds. The van der Waals surface area contributed by atoms with Gasteiger partial charge in [0, 0.05) is 24.2 Å². The molecule has 3 aromatic rings. The fraction of sp³-hybridized carbons (Fsp3) is 0.400. The molecule has 0 bridgehead atoms. The summed E-state index contributed by atoms with van der Waals surface area (Å²) in [6, 6.07) is 6.23. The zero-order chi connectivity index (χ0) is 19.1. The molecule has 2 aliphatic rings. The van der Waals surface area contributed by atoms with Crippen molar-refractivity contribution in [3.63, 3.8) is 0 Å². The number of hydrogen-bond acceptors (Lipinski definition) is 5. The molecule has 0 spiro atoms. The second-order valence-electron chi connectivity index (χ2n) is 7.24. The molecule has 28 heavy (non-hydrogen) atoms. The number of fused-ring (bicyclic) bond motifs is 2. The molecule has 0 atom stereocenters. The number of ether oxygens (including phenoxy) is 1. The number of hydrogen-bond donors (Lipinski definition) is 0. The van der Waals surface area contributed by atoms with Crippen LogP contribution in [0.2, 0.25) is 0 Å². The maximum Gasteiger partial charge on any atom is 0.359 e. The number of carbonyl (C=O) groups excluding carboxylic acids is 1. The standard InChI is InChI=1S/C20H20FN5O2/c21-13-5-3-6-14(11-13)26-16-8-4-7-15(16)19(24-26)20(27)28-12-18-23-22-17-9-1-2-10-25(17)18/h3,5-6,11H,1-2,4,7-10,12H2. The molecule has 0 unspecified atom stereocenters. The van der Waals surface area contributed by atoms with E-state index < -0.39 is 5.97 Å². The van der Waals surface area contributed by atoms with Gasteiger partial charge in [-0.15, -0.1) is 10.2 Å². The van der Waals surface area contributed by atoms with Crippen molar-refractivity contribution in [2.75, 3.05) is 0 Å². The highest BCUT2D eigenvalue weighted by molar-refractivity contribution is 5.89. The highest BCUT2D eigenvalue weighted by Gasteiger charge is 2.28. The van der Waals surface area contributed by atoms with Crippen molar-refractivity contribution in [3.8, 4) is 5.69 Å². The Labute approximate surface area is 161 Å². The molecular formula is C20H20FN5O2. The van der Waals surface area contributed by atoms with Crippen LogP contribution in [0.4, 0.5) is 4.39 Å². The summed E-state index contributed by atoms with van der Waals surface area (Å²) in [7, 11) is 0.